The van der Waals surface area contributed by atoms with Crippen LogP contribution in [-0.2, 0) is 0 Å². The Morgan fingerprint density at radius 3 is 2.57 bits per heavy atom. The highest BCUT2D eigenvalue weighted by Gasteiger charge is 1.78. The van der Waals surface area contributed by atoms with Crippen LogP contribution in [0.3, 0.4) is 0 Å². The van der Waals surface area contributed by atoms with E-state index in [1.54, 1.807) is 0 Å². The van der Waals surface area contributed by atoms with E-state index in [1.807, 2.05) is 0 Å². The van der Waals surface area contributed by atoms with E-state index in [0.717, 1.165) is 6.42 Å². The van der Waals surface area contributed by atoms with Crippen LogP contribution in [0.15, 0.2) is 4.99 Å². The van der Waals surface area contributed by atoms with Crippen molar-refractivity contribution < 1.29 is 0 Å². The van der Waals surface area contributed by atoms with E-state index in [4.69, 9.17) is 6.72 Å². The smallest absolute Gasteiger partial charge is 0.112 e. The molecule has 0 unspecified atom stereocenters. The van der Waals surface area contributed by atoms with Gasteiger partial charge in [0, 0.05) is 6.54 Å². The summed E-state index contributed by atoms with van der Waals surface area (Å²) in [6, 6.07) is 0. The first-order valence-electron chi connectivity index (χ1n) is 2.75. The van der Waals surface area contributed by atoms with Crippen LogP contribution >= 0.6 is 0 Å². The van der Waals surface area contributed by atoms with Gasteiger partial charge in [0.15, 0.2) is 0 Å². The predicted molar refractivity (Wildman–Crippen MR) is 31.8 cm³/mol. The van der Waals surface area contributed by atoms with Gasteiger partial charge in [-0.3, -0.25) is 4.99 Å². The summed E-state index contributed by atoms with van der Waals surface area (Å²) in [4.78, 5) is 3.22. The fourth-order valence-electron chi connectivity index (χ4n) is 0.441. The number of rotatable bonds is 4. The maximum atomic E-state index is 6.41. The maximum Gasteiger partial charge on any atom is 0.112 e. The van der Waals surface area contributed by atoms with Gasteiger partial charge in [-0.2, -0.15) is 0 Å². The predicted octanol–water partition coefficient (Wildman–Crippen LogP) is 1.63. The van der Waals surface area contributed by atoms with Crippen molar-refractivity contribution in [1.29, 1.82) is 0 Å². The van der Waals surface area contributed by atoms with Crippen LogP contribution in [0.4, 0.5) is 0 Å². The Hall–Kier alpha value is -0.330. The Bertz CT molecular complexity index is 41.4. The number of nitrogens with zero attached hydrogens (tertiary/aromatic N) is 1. The third-order valence-electron chi connectivity index (χ3n) is 0.873. The number of unbranched alkanes of at least 4 members (excludes halogenated alkanes) is 2. The van der Waals surface area contributed by atoms with E-state index < -0.39 is 0 Å². The first kappa shape index (κ1) is 6.67. The van der Waals surface area contributed by atoms with E-state index in [-0.39, 0.29) is 0 Å². The second-order valence-electron chi connectivity index (χ2n) is 1.59. The second kappa shape index (κ2) is 5.67. The first-order chi connectivity index (χ1) is 3.41. The van der Waals surface area contributed by atoms with Gasteiger partial charge in [-0.05, 0) is 6.42 Å². The molecule has 0 saturated carbocycles. The molecule has 0 aromatic heterocycles. The molecule has 0 saturated heterocycles. The molecule has 0 aromatic carbocycles. The minimum Gasteiger partial charge on any atom is -0.281 e. The Balaban J connectivity index is 2.56. The molecule has 40 valence electrons. The monoisotopic (exact) mass is 97.1 g/mol. The molecule has 0 aliphatic rings. The summed E-state index contributed by atoms with van der Waals surface area (Å²) < 4.78 is 0. The van der Waals surface area contributed by atoms with Gasteiger partial charge in [-0.1, -0.05) is 19.8 Å². The van der Waals surface area contributed by atoms with Crippen molar-refractivity contribution in [2.75, 3.05) is 6.54 Å². The zero-order valence-electron chi connectivity index (χ0n) is 4.78. The highest BCUT2D eigenvalue weighted by molar-refractivity contribution is 5.22. The van der Waals surface area contributed by atoms with Crippen LogP contribution in [-0.4, -0.2) is 13.3 Å². The third-order valence-corrected chi connectivity index (χ3v) is 0.873. The molecule has 0 fully saturated rings. The van der Waals surface area contributed by atoms with E-state index in [0.29, 0.717) is 6.54 Å². The summed E-state index contributed by atoms with van der Waals surface area (Å²) in [7, 11) is 0. The molecule has 1 nitrogen and oxygen atoms in total. The van der Waals surface area contributed by atoms with Gasteiger partial charge in [0.2, 0.25) is 0 Å². The molecule has 0 atom stereocenters. The van der Waals surface area contributed by atoms with Crippen LogP contribution in [0.5, 0.6) is 0 Å². The SMILES string of the molecule is CCCCCN=[C:1]. The maximum absolute atomic E-state index is 6.41. The summed E-state index contributed by atoms with van der Waals surface area (Å²) in [5.41, 5.74) is 0. The molecule has 2 radical (unpaired) electrons. The van der Waals surface area contributed by atoms with Gasteiger partial charge >= 0.3 is 0 Å². The number of hydrogen-bond donors (Lipinski definition) is 0. The molecule has 1 heteroatoms. The molecule has 0 heterocycles. The Labute approximate surface area is 45.5 Å². The summed E-state index contributed by atoms with van der Waals surface area (Å²) >= 11 is 0. The summed E-state index contributed by atoms with van der Waals surface area (Å²) in [6.45, 7) is 9.26. The third kappa shape index (κ3) is 5.67. The van der Waals surface area contributed by atoms with Gasteiger partial charge < -0.3 is 0 Å². The van der Waals surface area contributed by atoms with E-state index in [1.165, 1.54) is 12.8 Å². The van der Waals surface area contributed by atoms with Crippen LogP contribution < -0.4 is 0 Å². The van der Waals surface area contributed by atoms with Crippen molar-refractivity contribution in [2.24, 2.45) is 4.99 Å². The highest BCUT2D eigenvalue weighted by atomic mass is 14.7. The fourth-order valence-corrected chi connectivity index (χ4v) is 0.441. The van der Waals surface area contributed by atoms with Crippen molar-refractivity contribution in [3.8, 4) is 0 Å². The number of hydrogen-bond acceptors (Lipinski definition) is 1. The van der Waals surface area contributed by atoms with Crippen LogP contribution in [0.2, 0.25) is 0 Å². The van der Waals surface area contributed by atoms with Gasteiger partial charge in [0.1, 0.15) is 6.72 Å². The highest BCUT2D eigenvalue weighted by Crippen LogP contribution is 1.91. The summed E-state index contributed by atoms with van der Waals surface area (Å²) in [6.07, 6.45) is 3.51. The van der Waals surface area contributed by atoms with Gasteiger partial charge in [0.05, 0.1) is 0 Å². The topological polar surface area (TPSA) is 12.4 Å². The minimum atomic E-state index is 0.716. The molecule has 0 aliphatic heterocycles. The second-order valence-corrected chi connectivity index (χ2v) is 1.59. The molecule has 0 spiro atoms. The number of aliphatic imine (C=N–C) groups is 1. The fraction of sp³-hybridized carbons (Fsp3) is 0.833. The van der Waals surface area contributed by atoms with Gasteiger partial charge in [-0.25, -0.2) is 0 Å². The van der Waals surface area contributed by atoms with E-state index in [9.17, 15) is 0 Å². The lowest BCUT2D eigenvalue weighted by Gasteiger charge is -1.87. The Morgan fingerprint density at radius 2 is 2.14 bits per heavy atom. The van der Waals surface area contributed by atoms with Crippen molar-refractivity contribution in [3.05, 3.63) is 0 Å². The molecule has 0 aromatic rings. The lowest BCUT2D eigenvalue weighted by Crippen LogP contribution is -1.76. The average molecular weight is 97.2 g/mol. The van der Waals surface area contributed by atoms with Crippen molar-refractivity contribution in [2.45, 2.75) is 26.2 Å². The summed E-state index contributed by atoms with van der Waals surface area (Å²) in [5.74, 6) is 0. The molecule has 0 aliphatic carbocycles. The first-order valence-corrected chi connectivity index (χ1v) is 2.75. The lowest BCUT2D eigenvalue weighted by molar-refractivity contribution is 0.730. The molecular formula is C6H11N. The quantitative estimate of drug-likeness (QED) is 0.373. The Morgan fingerprint density at radius 1 is 1.43 bits per heavy atom. The van der Waals surface area contributed by atoms with E-state index in [2.05, 4.69) is 11.9 Å². The van der Waals surface area contributed by atoms with E-state index >= 15 is 0 Å². The minimum absolute atomic E-state index is 0.716. The molecule has 0 amide bonds. The standard InChI is InChI=1S/C6H11N/c1-3-4-5-6-7-2/h3-6H2,1H3. The van der Waals surface area contributed by atoms with Crippen molar-refractivity contribution >= 4 is 6.72 Å². The van der Waals surface area contributed by atoms with Crippen molar-refractivity contribution in [3.63, 3.8) is 0 Å². The zero-order valence-corrected chi connectivity index (χ0v) is 4.78. The van der Waals surface area contributed by atoms with Crippen LogP contribution in [0.1, 0.15) is 26.2 Å². The van der Waals surface area contributed by atoms with Crippen LogP contribution in [0.25, 0.3) is 0 Å². The van der Waals surface area contributed by atoms with Gasteiger partial charge in [0.25, 0.3) is 0 Å². The average Bonchev–Trinajstić information content (AvgIpc) is 1.69. The molecule has 0 bridgehead atoms. The van der Waals surface area contributed by atoms with Gasteiger partial charge in [-0.15, -0.1) is 0 Å². The lowest BCUT2D eigenvalue weighted by atomic mass is 10.3. The molecule has 7 heavy (non-hydrogen) atoms. The van der Waals surface area contributed by atoms with Crippen molar-refractivity contribution in [1.82, 2.24) is 0 Å². The largest absolute Gasteiger partial charge is 0.281 e. The zero-order chi connectivity index (χ0) is 5.54. The normalized spacial score (nSPS) is 8.71. The van der Waals surface area contributed by atoms with Crippen LogP contribution in [0, 0.1) is 0 Å². The molecule has 0 rings (SSSR count). The Kier molecular flexibility index (Phi) is 5.40. The summed E-state index contributed by atoms with van der Waals surface area (Å²) in [5, 5.41) is 0. The molecule has 0 N–H and O–H groups in total. The molecular weight excluding hydrogens is 86.1 g/mol.